The summed E-state index contributed by atoms with van der Waals surface area (Å²) < 4.78 is 5.37. The summed E-state index contributed by atoms with van der Waals surface area (Å²) in [7, 11) is 1.68. The minimum absolute atomic E-state index is 0.0742. The monoisotopic (exact) mass is 444 g/mol. The summed E-state index contributed by atoms with van der Waals surface area (Å²) in [6, 6.07) is 12.0. The summed E-state index contributed by atoms with van der Waals surface area (Å²) in [5, 5.41) is 3.55. The van der Waals surface area contributed by atoms with Gasteiger partial charge in [-0.1, -0.05) is 25.1 Å². The van der Waals surface area contributed by atoms with Gasteiger partial charge in [-0.15, -0.1) is 0 Å². The van der Waals surface area contributed by atoms with Crippen LogP contribution in [0.15, 0.2) is 71.0 Å². The molecule has 2 rings (SSSR count). The maximum atomic E-state index is 11.8. The molecule has 0 unspecified atom stereocenters. The number of allylic oxidation sites excluding steroid dienone is 5. The Kier molecular flexibility index (Phi) is 9.41. The van der Waals surface area contributed by atoms with Crippen LogP contribution in [0.5, 0.6) is 5.75 Å². The van der Waals surface area contributed by atoms with Crippen LogP contribution < -0.4 is 10.1 Å². The van der Waals surface area contributed by atoms with Gasteiger partial charge in [0.1, 0.15) is 5.75 Å². The third-order valence-corrected chi connectivity index (χ3v) is 5.61. The van der Waals surface area contributed by atoms with Crippen LogP contribution in [0.25, 0.3) is 5.57 Å². The van der Waals surface area contributed by atoms with Crippen molar-refractivity contribution in [1.29, 1.82) is 0 Å². The summed E-state index contributed by atoms with van der Waals surface area (Å²) >= 11 is 0. The number of carbonyl (C=O) groups is 1. The van der Waals surface area contributed by atoms with Crippen molar-refractivity contribution in [1.82, 2.24) is 0 Å². The molecule has 174 valence electrons. The summed E-state index contributed by atoms with van der Waals surface area (Å²) in [6.45, 7) is 13.8. The van der Waals surface area contributed by atoms with Crippen LogP contribution in [0.1, 0.15) is 68.1 Å². The predicted molar refractivity (Wildman–Crippen MR) is 141 cm³/mol. The minimum Gasteiger partial charge on any atom is -0.496 e. The predicted octanol–water partition coefficient (Wildman–Crippen LogP) is 7.69. The first-order valence-electron chi connectivity index (χ1n) is 11.3. The number of Topliss-reactive ketones (excluding diaryl/α,β-unsaturated/α-hetero) is 1. The number of benzene rings is 2. The van der Waals surface area contributed by atoms with Crippen molar-refractivity contribution < 1.29 is 9.53 Å². The smallest absolute Gasteiger partial charge is 0.160 e. The van der Waals surface area contributed by atoms with E-state index in [1.54, 1.807) is 14.0 Å². The number of ketones is 1. The molecule has 0 aliphatic carbocycles. The van der Waals surface area contributed by atoms with Crippen LogP contribution in [0.2, 0.25) is 0 Å². The highest BCUT2D eigenvalue weighted by Crippen LogP contribution is 2.24. The van der Waals surface area contributed by atoms with Gasteiger partial charge in [0.15, 0.2) is 5.78 Å². The van der Waals surface area contributed by atoms with Crippen molar-refractivity contribution >= 4 is 22.8 Å². The van der Waals surface area contributed by atoms with Crippen LogP contribution in [0.4, 0.5) is 5.69 Å². The van der Waals surface area contributed by atoms with Crippen LogP contribution in [-0.4, -0.2) is 18.6 Å². The second-order valence-electron chi connectivity index (χ2n) is 8.18. The zero-order valence-corrected chi connectivity index (χ0v) is 21.2. The molecule has 4 nitrogen and oxygen atoms in total. The molecular weight excluding hydrogens is 408 g/mol. The Morgan fingerprint density at radius 3 is 2.33 bits per heavy atom. The van der Waals surface area contributed by atoms with E-state index < -0.39 is 0 Å². The molecule has 2 aromatic rings. The molecular formula is C29H36N2O2. The molecule has 0 saturated carbocycles. The average Bonchev–Trinajstić information content (AvgIpc) is 2.79. The quantitative estimate of drug-likeness (QED) is 0.245. The number of nitrogens with one attached hydrogen (secondary N) is 1. The SMILES string of the molecule is C\C=C/C(CC)=C(Nc1ccc(C(C)=O)c(C)c1)\C(C)=N\C=C(/C)c1ccc(OC)c(C)c1. The Morgan fingerprint density at radius 1 is 1.06 bits per heavy atom. The van der Waals surface area contributed by atoms with Crippen molar-refractivity contribution in [2.45, 2.75) is 54.9 Å². The molecule has 0 amide bonds. The van der Waals surface area contributed by atoms with E-state index in [-0.39, 0.29) is 5.78 Å². The molecule has 1 N–H and O–H groups in total. The standard InChI is InChI=1S/C29H36N2O2/c1-9-11-24(10-2)29(31-26-13-14-27(23(7)32)19(3)17-26)22(6)30-18-21(5)25-12-15-28(33-8)20(4)16-25/h9,11-18,31H,10H2,1-8H3/b11-9-,21-18+,29-24+,30-22+. The minimum atomic E-state index is 0.0742. The second kappa shape index (κ2) is 12.0. The number of aliphatic imine (C=N–C) groups is 1. The van der Waals surface area contributed by atoms with E-state index in [1.165, 1.54) is 5.57 Å². The van der Waals surface area contributed by atoms with Gasteiger partial charge in [0.2, 0.25) is 0 Å². The molecule has 0 radical (unpaired) electrons. The molecule has 2 aromatic carbocycles. The normalized spacial score (nSPS) is 13.2. The van der Waals surface area contributed by atoms with E-state index in [9.17, 15) is 4.79 Å². The number of aryl methyl sites for hydroxylation is 2. The Morgan fingerprint density at radius 2 is 1.79 bits per heavy atom. The number of ether oxygens (including phenoxy) is 1. The molecule has 0 aliphatic heterocycles. The molecule has 0 aromatic heterocycles. The number of carbonyl (C=O) groups excluding carboxylic acids is 1. The molecule has 0 heterocycles. The van der Waals surface area contributed by atoms with Gasteiger partial charge in [-0.25, -0.2) is 0 Å². The fraction of sp³-hybridized carbons (Fsp3) is 0.310. The van der Waals surface area contributed by atoms with E-state index in [0.717, 1.165) is 57.1 Å². The number of nitrogens with zero attached hydrogens (tertiary/aromatic N) is 1. The maximum absolute atomic E-state index is 11.8. The summed E-state index contributed by atoms with van der Waals surface area (Å²) in [5.74, 6) is 0.954. The average molecular weight is 445 g/mol. The zero-order valence-electron chi connectivity index (χ0n) is 21.2. The third kappa shape index (κ3) is 6.79. The molecule has 0 bridgehead atoms. The van der Waals surface area contributed by atoms with Crippen LogP contribution >= 0.6 is 0 Å². The second-order valence-corrected chi connectivity index (χ2v) is 8.18. The highest BCUT2D eigenvalue weighted by atomic mass is 16.5. The third-order valence-electron chi connectivity index (χ3n) is 5.61. The fourth-order valence-electron chi connectivity index (χ4n) is 3.72. The lowest BCUT2D eigenvalue weighted by Gasteiger charge is -2.16. The molecule has 33 heavy (non-hydrogen) atoms. The number of hydrogen-bond donors (Lipinski definition) is 1. The lowest BCUT2D eigenvalue weighted by atomic mass is 10.0. The lowest BCUT2D eigenvalue weighted by molar-refractivity contribution is 0.101. The van der Waals surface area contributed by atoms with E-state index >= 15 is 0 Å². The first kappa shape index (κ1) is 25.9. The molecule has 0 fully saturated rings. The lowest BCUT2D eigenvalue weighted by Crippen LogP contribution is -2.12. The van der Waals surface area contributed by atoms with Crippen LogP contribution in [-0.2, 0) is 0 Å². The summed E-state index contributed by atoms with van der Waals surface area (Å²) in [4.78, 5) is 16.6. The van der Waals surface area contributed by atoms with Crippen molar-refractivity contribution in [2.24, 2.45) is 4.99 Å². The molecule has 0 spiro atoms. The Hall–Kier alpha value is -3.40. The van der Waals surface area contributed by atoms with Gasteiger partial charge in [0.05, 0.1) is 18.5 Å². The van der Waals surface area contributed by atoms with Crippen LogP contribution in [0.3, 0.4) is 0 Å². The molecule has 0 saturated heterocycles. The molecule has 0 aliphatic rings. The fourth-order valence-corrected chi connectivity index (χ4v) is 3.72. The Labute approximate surface area is 198 Å². The van der Waals surface area contributed by atoms with E-state index in [4.69, 9.17) is 9.73 Å². The first-order valence-corrected chi connectivity index (χ1v) is 11.3. The van der Waals surface area contributed by atoms with E-state index in [0.29, 0.717) is 0 Å². The van der Waals surface area contributed by atoms with Crippen molar-refractivity contribution in [2.75, 3.05) is 12.4 Å². The van der Waals surface area contributed by atoms with Crippen molar-refractivity contribution in [3.05, 3.63) is 88.3 Å². The summed E-state index contributed by atoms with van der Waals surface area (Å²) in [5.41, 5.74) is 8.94. The number of hydrogen-bond acceptors (Lipinski definition) is 4. The largest absolute Gasteiger partial charge is 0.496 e. The number of rotatable bonds is 9. The Balaban J connectivity index is 2.44. The van der Waals surface area contributed by atoms with E-state index in [2.05, 4.69) is 31.3 Å². The van der Waals surface area contributed by atoms with Crippen LogP contribution in [0, 0.1) is 13.8 Å². The highest BCUT2D eigenvalue weighted by molar-refractivity contribution is 6.02. The van der Waals surface area contributed by atoms with Crippen molar-refractivity contribution in [3.8, 4) is 5.75 Å². The zero-order chi connectivity index (χ0) is 24.5. The first-order chi connectivity index (χ1) is 15.7. The maximum Gasteiger partial charge on any atom is 0.160 e. The van der Waals surface area contributed by atoms with Gasteiger partial charge >= 0.3 is 0 Å². The highest BCUT2D eigenvalue weighted by Gasteiger charge is 2.10. The van der Waals surface area contributed by atoms with Gasteiger partial charge in [0.25, 0.3) is 0 Å². The van der Waals surface area contributed by atoms with Gasteiger partial charge in [-0.05, 0) is 106 Å². The van der Waals surface area contributed by atoms with Gasteiger partial charge in [-0.2, -0.15) is 0 Å². The van der Waals surface area contributed by atoms with Gasteiger partial charge < -0.3 is 10.1 Å². The Bertz CT molecular complexity index is 1130. The van der Waals surface area contributed by atoms with Gasteiger partial charge in [-0.3, -0.25) is 9.79 Å². The van der Waals surface area contributed by atoms with Gasteiger partial charge in [0, 0.05) is 17.5 Å². The number of anilines is 1. The van der Waals surface area contributed by atoms with E-state index in [1.807, 2.05) is 70.3 Å². The summed E-state index contributed by atoms with van der Waals surface area (Å²) in [6.07, 6.45) is 6.93. The molecule has 0 atom stereocenters. The topological polar surface area (TPSA) is 50.7 Å². The number of methoxy groups -OCH3 is 1. The van der Waals surface area contributed by atoms with Crippen molar-refractivity contribution in [3.63, 3.8) is 0 Å². The molecule has 4 heteroatoms.